The van der Waals surface area contributed by atoms with Gasteiger partial charge in [0, 0.05) is 4.88 Å². The fourth-order valence-electron chi connectivity index (χ4n) is 1.85. The van der Waals surface area contributed by atoms with Crippen LogP contribution in [0.1, 0.15) is 53.7 Å². The van der Waals surface area contributed by atoms with Gasteiger partial charge in [-0.15, -0.1) is 11.3 Å². The Morgan fingerprint density at radius 2 is 2.06 bits per heavy atom. The van der Waals surface area contributed by atoms with Crippen molar-refractivity contribution in [1.82, 2.24) is 5.48 Å². The molecule has 0 aromatic carbocycles. The van der Waals surface area contributed by atoms with Gasteiger partial charge in [0.1, 0.15) is 0 Å². The normalized spacial score (nSPS) is 15.5. The van der Waals surface area contributed by atoms with Crippen LogP contribution in [0.15, 0.2) is 6.07 Å². The van der Waals surface area contributed by atoms with Crippen molar-refractivity contribution in [3.05, 3.63) is 21.4 Å². The second-order valence-electron chi connectivity index (χ2n) is 5.41. The van der Waals surface area contributed by atoms with E-state index in [1.807, 2.05) is 26.8 Å². The third-order valence-corrected chi connectivity index (χ3v) is 3.91. The quantitative estimate of drug-likeness (QED) is 0.823. The minimum atomic E-state index is -0.355. The number of hydrogen-bond acceptors (Lipinski definition) is 3. The lowest BCUT2D eigenvalue weighted by atomic mass is 9.99. The number of carbonyl (C=O) groups is 1. The molecule has 0 fully saturated rings. The molecule has 0 aliphatic heterocycles. The Kier molecular flexibility index (Phi) is 3.54. The molecule has 1 aromatic rings. The lowest BCUT2D eigenvalue weighted by Gasteiger charge is -2.18. The van der Waals surface area contributed by atoms with E-state index in [9.17, 15) is 4.79 Å². The van der Waals surface area contributed by atoms with Gasteiger partial charge < -0.3 is 0 Å². The third-order valence-electron chi connectivity index (χ3n) is 2.67. The van der Waals surface area contributed by atoms with E-state index in [1.54, 1.807) is 11.3 Å². The van der Waals surface area contributed by atoms with Crippen LogP contribution in [-0.2, 0) is 17.7 Å². The fraction of sp³-hybridized carbons (Fsp3) is 0.615. The highest BCUT2D eigenvalue weighted by Crippen LogP contribution is 2.29. The summed E-state index contributed by atoms with van der Waals surface area (Å²) in [6, 6.07) is 2.01. The molecule has 1 heterocycles. The van der Waals surface area contributed by atoms with Crippen LogP contribution in [-0.4, -0.2) is 11.5 Å². The Balaban J connectivity index is 2.02. The number of hydroxylamine groups is 1. The summed E-state index contributed by atoms with van der Waals surface area (Å²) in [5.41, 5.74) is 3.51. The molecule has 1 aliphatic rings. The van der Waals surface area contributed by atoms with E-state index in [0.717, 1.165) is 17.7 Å². The zero-order chi connectivity index (χ0) is 12.5. The Labute approximate surface area is 106 Å². The molecule has 0 saturated heterocycles. The lowest BCUT2D eigenvalue weighted by molar-refractivity contribution is -0.0588. The number of amides is 1. The molecule has 0 spiro atoms. The van der Waals surface area contributed by atoms with Crippen molar-refractivity contribution in [2.75, 3.05) is 0 Å². The summed E-state index contributed by atoms with van der Waals surface area (Å²) in [6.07, 6.45) is 4.71. The van der Waals surface area contributed by atoms with Gasteiger partial charge in [-0.05, 0) is 58.1 Å². The van der Waals surface area contributed by atoms with E-state index in [1.165, 1.54) is 23.3 Å². The van der Waals surface area contributed by atoms with Crippen molar-refractivity contribution >= 4 is 17.2 Å². The Bertz CT molecular complexity index is 394. The van der Waals surface area contributed by atoms with Crippen LogP contribution in [0.5, 0.6) is 0 Å². The van der Waals surface area contributed by atoms with E-state index < -0.39 is 0 Å². The van der Waals surface area contributed by atoms with E-state index in [0.29, 0.717) is 0 Å². The molecule has 0 saturated carbocycles. The molecule has 3 nitrogen and oxygen atoms in total. The smallest absolute Gasteiger partial charge is 0.268 e. The monoisotopic (exact) mass is 253 g/mol. The van der Waals surface area contributed by atoms with Crippen molar-refractivity contribution < 1.29 is 9.63 Å². The predicted octanol–water partition coefficient (Wildman–Crippen LogP) is 3.09. The highest BCUT2D eigenvalue weighted by molar-refractivity contribution is 7.14. The minimum Gasteiger partial charge on any atom is -0.268 e. The number of fused-ring (bicyclic) bond motifs is 1. The maximum absolute atomic E-state index is 11.9. The first-order valence-corrected chi connectivity index (χ1v) is 6.87. The molecule has 0 radical (unpaired) electrons. The van der Waals surface area contributed by atoms with E-state index in [-0.39, 0.29) is 11.5 Å². The van der Waals surface area contributed by atoms with Crippen LogP contribution in [0.3, 0.4) is 0 Å². The van der Waals surface area contributed by atoms with Crippen molar-refractivity contribution in [3.63, 3.8) is 0 Å². The van der Waals surface area contributed by atoms with Crippen LogP contribution in [0, 0.1) is 0 Å². The standard InChI is InChI=1S/C13H19NO2S/c1-13(2,3)16-14-12(15)11-8-9-6-4-5-7-10(9)17-11/h8H,4-7H2,1-3H3,(H,14,15). The van der Waals surface area contributed by atoms with Crippen molar-refractivity contribution in [1.29, 1.82) is 0 Å². The van der Waals surface area contributed by atoms with Crippen molar-refractivity contribution in [2.45, 2.75) is 52.1 Å². The van der Waals surface area contributed by atoms with Crippen LogP contribution < -0.4 is 5.48 Å². The molecular weight excluding hydrogens is 234 g/mol. The molecule has 1 amide bonds. The summed E-state index contributed by atoms with van der Waals surface area (Å²) < 4.78 is 0. The molecule has 1 aromatic heterocycles. The summed E-state index contributed by atoms with van der Waals surface area (Å²) in [4.78, 5) is 19.3. The van der Waals surface area contributed by atoms with E-state index >= 15 is 0 Å². The maximum Gasteiger partial charge on any atom is 0.284 e. The minimum absolute atomic E-state index is 0.126. The van der Waals surface area contributed by atoms with E-state index in [2.05, 4.69) is 5.48 Å². The topological polar surface area (TPSA) is 38.3 Å². The molecule has 4 heteroatoms. The predicted molar refractivity (Wildman–Crippen MR) is 69.3 cm³/mol. The molecule has 1 aliphatic carbocycles. The van der Waals surface area contributed by atoms with Crippen LogP contribution in [0.25, 0.3) is 0 Å². The summed E-state index contributed by atoms with van der Waals surface area (Å²) in [5, 5.41) is 0. The van der Waals surface area contributed by atoms with Crippen molar-refractivity contribution in [2.24, 2.45) is 0 Å². The van der Waals surface area contributed by atoms with Gasteiger partial charge in [-0.3, -0.25) is 9.63 Å². The number of aryl methyl sites for hydroxylation is 2. The van der Waals surface area contributed by atoms with Gasteiger partial charge in [-0.25, -0.2) is 5.48 Å². The zero-order valence-electron chi connectivity index (χ0n) is 10.6. The van der Waals surface area contributed by atoms with Gasteiger partial charge in [0.05, 0.1) is 10.5 Å². The van der Waals surface area contributed by atoms with Gasteiger partial charge in [0.15, 0.2) is 0 Å². The molecule has 0 bridgehead atoms. The van der Waals surface area contributed by atoms with E-state index in [4.69, 9.17) is 4.84 Å². The highest BCUT2D eigenvalue weighted by atomic mass is 32.1. The first kappa shape index (κ1) is 12.6. The lowest BCUT2D eigenvalue weighted by Crippen LogP contribution is -2.33. The third kappa shape index (κ3) is 3.30. The first-order chi connectivity index (χ1) is 7.96. The van der Waals surface area contributed by atoms with Crippen molar-refractivity contribution in [3.8, 4) is 0 Å². The van der Waals surface area contributed by atoms with Gasteiger partial charge in [0.25, 0.3) is 5.91 Å². The number of rotatable bonds is 2. The van der Waals surface area contributed by atoms with Crippen LogP contribution in [0.4, 0.5) is 0 Å². The number of hydrogen-bond donors (Lipinski definition) is 1. The second-order valence-corrected chi connectivity index (χ2v) is 6.55. The average molecular weight is 253 g/mol. The number of nitrogens with one attached hydrogen (secondary N) is 1. The number of carbonyl (C=O) groups excluding carboxylic acids is 1. The molecule has 2 rings (SSSR count). The molecular formula is C13H19NO2S. The highest BCUT2D eigenvalue weighted by Gasteiger charge is 2.19. The molecule has 0 unspecified atom stereocenters. The zero-order valence-corrected chi connectivity index (χ0v) is 11.4. The summed E-state index contributed by atoms with van der Waals surface area (Å²) in [5.74, 6) is -0.126. The summed E-state index contributed by atoms with van der Waals surface area (Å²) in [6.45, 7) is 5.73. The molecule has 1 N–H and O–H groups in total. The Hall–Kier alpha value is -0.870. The van der Waals surface area contributed by atoms with Gasteiger partial charge in [-0.2, -0.15) is 0 Å². The first-order valence-electron chi connectivity index (χ1n) is 6.06. The molecule has 17 heavy (non-hydrogen) atoms. The SMILES string of the molecule is CC(C)(C)ONC(=O)c1cc2c(s1)CCCC2. The largest absolute Gasteiger partial charge is 0.284 e. The van der Waals surface area contributed by atoms with Gasteiger partial charge in [0.2, 0.25) is 0 Å². The Morgan fingerprint density at radius 1 is 1.35 bits per heavy atom. The Morgan fingerprint density at radius 3 is 2.71 bits per heavy atom. The molecule has 94 valence electrons. The maximum atomic E-state index is 11.9. The number of thiophene rings is 1. The summed E-state index contributed by atoms with van der Waals surface area (Å²) in [7, 11) is 0. The second kappa shape index (κ2) is 4.78. The van der Waals surface area contributed by atoms with Gasteiger partial charge in [-0.1, -0.05) is 0 Å². The molecule has 0 atom stereocenters. The summed E-state index contributed by atoms with van der Waals surface area (Å²) >= 11 is 1.60. The average Bonchev–Trinajstić information content (AvgIpc) is 2.68. The van der Waals surface area contributed by atoms with Crippen LogP contribution >= 0.6 is 11.3 Å². The van der Waals surface area contributed by atoms with Crippen LogP contribution in [0.2, 0.25) is 0 Å². The fourth-order valence-corrected chi connectivity index (χ4v) is 2.99. The van der Waals surface area contributed by atoms with Gasteiger partial charge >= 0.3 is 0 Å².